The summed E-state index contributed by atoms with van der Waals surface area (Å²) in [6.45, 7) is 7.40. The van der Waals surface area contributed by atoms with E-state index in [1.54, 1.807) is 40.8 Å². The van der Waals surface area contributed by atoms with Crippen molar-refractivity contribution in [2.75, 3.05) is 18.9 Å². The molecule has 0 bridgehead atoms. The fraction of sp³-hybridized carbons (Fsp3) is 0.417. The third kappa shape index (κ3) is 8.92. The number of hydrogen-bond acceptors (Lipinski definition) is 4. The quantitative estimate of drug-likeness (QED) is 0.647. The fourth-order valence-corrected chi connectivity index (χ4v) is 4.13. The maximum Gasteiger partial charge on any atom is 0.410 e. The smallest absolute Gasteiger partial charge is 0.410 e. The molecule has 2 aromatic rings. The van der Waals surface area contributed by atoms with E-state index in [1.807, 2.05) is 48.5 Å². The molecule has 0 aliphatic heterocycles. The van der Waals surface area contributed by atoms with Crippen molar-refractivity contribution in [1.29, 1.82) is 0 Å². The number of rotatable bonds is 8. The molecule has 2 aromatic carbocycles. The predicted molar refractivity (Wildman–Crippen MR) is 125 cm³/mol. The Labute approximate surface area is 187 Å². The van der Waals surface area contributed by atoms with Gasteiger partial charge in [0, 0.05) is 41.6 Å². The van der Waals surface area contributed by atoms with E-state index in [4.69, 9.17) is 4.74 Å². The molecule has 2 atom stereocenters. The van der Waals surface area contributed by atoms with Crippen LogP contribution in [0.1, 0.15) is 38.8 Å². The summed E-state index contributed by atoms with van der Waals surface area (Å²) in [5.41, 5.74) is 1.99. The molecule has 0 radical (unpaired) electrons. The molecule has 0 unspecified atom stereocenters. The second kappa shape index (κ2) is 11.1. The first-order valence-corrected chi connectivity index (χ1v) is 11.7. The van der Waals surface area contributed by atoms with Crippen LogP contribution in [-0.2, 0) is 31.8 Å². The molecule has 6 nitrogen and oxygen atoms in total. The maximum atomic E-state index is 12.6. The summed E-state index contributed by atoms with van der Waals surface area (Å²) in [4.78, 5) is 26.1. The molecule has 0 aromatic heterocycles. The first-order valence-electron chi connectivity index (χ1n) is 10.3. The summed E-state index contributed by atoms with van der Waals surface area (Å²) in [6, 6.07) is 17.1. The van der Waals surface area contributed by atoms with E-state index < -0.39 is 28.4 Å². The highest BCUT2D eigenvalue weighted by Gasteiger charge is 2.23. The Bertz CT molecular complexity index is 909. The van der Waals surface area contributed by atoms with Crippen molar-refractivity contribution in [3.8, 4) is 0 Å². The third-order valence-electron chi connectivity index (χ3n) is 4.39. The van der Waals surface area contributed by atoms with Crippen molar-refractivity contribution in [3.05, 3.63) is 65.7 Å². The molecule has 7 heteroatoms. The molecule has 0 saturated carbocycles. The van der Waals surface area contributed by atoms with Crippen LogP contribution < -0.4 is 5.32 Å². The van der Waals surface area contributed by atoms with Crippen molar-refractivity contribution in [2.45, 2.75) is 44.8 Å². The highest BCUT2D eigenvalue weighted by Crippen LogP contribution is 2.16. The lowest BCUT2D eigenvalue weighted by Crippen LogP contribution is -2.39. The average molecular weight is 445 g/mol. The highest BCUT2D eigenvalue weighted by atomic mass is 32.2. The van der Waals surface area contributed by atoms with E-state index in [0.717, 1.165) is 11.1 Å². The van der Waals surface area contributed by atoms with Gasteiger partial charge in [0.2, 0.25) is 5.91 Å². The summed E-state index contributed by atoms with van der Waals surface area (Å²) in [5.74, 6) is 0.285. The average Bonchev–Trinajstić information content (AvgIpc) is 2.67. The lowest BCUT2D eigenvalue weighted by atomic mass is 10.1. The van der Waals surface area contributed by atoms with Gasteiger partial charge in [0.15, 0.2) is 0 Å². The van der Waals surface area contributed by atoms with Gasteiger partial charge in [-0.05, 0) is 44.0 Å². The molecule has 0 fully saturated rings. The van der Waals surface area contributed by atoms with Gasteiger partial charge in [0.25, 0.3) is 0 Å². The van der Waals surface area contributed by atoms with Gasteiger partial charge in [0.05, 0.1) is 5.92 Å². The Morgan fingerprint density at radius 3 is 2.29 bits per heavy atom. The first-order chi connectivity index (χ1) is 14.5. The van der Waals surface area contributed by atoms with Gasteiger partial charge in [-0.3, -0.25) is 9.00 Å². The zero-order valence-corrected chi connectivity index (χ0v) is 19.7. The fourth-order valence-electron chi connectivity index (χ4n) is 2.91. The van der Waals surface area contributed by atoms with Crippen LogP contribution in [0.4, 0.5) is 10.5 Å². The monoisotopic (exact) mass is 444 g/mol. The van der Waals surface area contributed by atoms with Crippen LogP contribution in [0.3, 0.4) is 0 Å². The number of ether oxygens (including phenoxy) is 1. The van der Waals surface area contributed by atoms with Crippen molar-refractivity contribution in [3.63, 3.8) is 0 Å². The molecule has 0 heterocycles. The SMILES string of the molecule is C[C@H](CN(C)C(=O)OC(C)(C)C)C(=O)Nc1cccc(C[S@](=O)Cc2ccccc2)c1. The van der Waals surface area contributed by atoms with Crippen LogP contribution in [0.2, 0.25) is 0 Å². The maximum absolute atomic E-state index is 12.6. The minimum atomic E-state index is -1.04. The standard InChI is InChI=1S/C24H32N2O4S/c1-18(15-26(5)23(28)30-24(2,3)4)22(27)25-21-13-9-12-20(14-21)17-31(29)16-19-10-7-6-8-11-19/h6-14,18H,15-17H2,1-5H3,(H,25,27)/t18-,31-/m1/s1. The van der Waals surface area contributed by atoms with Crippen molar-refractivity contribution >= 4 is 28.5 Å². The Hall–Kier alpha value is -2.67. The summed E-state index contributed by atoms with van der Waals surface area (Å²) in [7, 11) is 0.567. The predicted octanol–water partition coefficient (Wildman–Crippen LogP) is 4.58. The third-order valence-corrected chi connectivity index (χ3v) is 5.70. The number of nitrogens with zero attached hydrogens (tertiary/aromatic N) is 1. The molecule has 168 valence electrons. The molecule has 2 amide bonds. The summed E-state index contributed by atoms with van der Waals surface area (Å²) in [5, 5.41) is 2.88. The van der Waals surface area contributed by atoms with Crippen LogP contribution in [0.15, 0.2) is 54.6 Å². The second-order valence-corrected chi connectivity index (χ2v) is 10.1. The number of anilines is 1. The zero-order chi connectivity index (χ0) is 23.0. The molecular weight excluding hydrogens is 412 g/mol. The van der Waals surface area contributed by atoms with Crippen LogP contribution in [0, 0.1) is 5.92 Å². The zero-order valence-electron chi connectivity index (χ0n) is 18.9. The minimum Gasteiger partial charge on any atom is -0.444 e. The van der Waals surface area contributed by atoms with Gasteiger partial charge < -0.3 is 15.0 Å². The van der Waals surface area contributed by atoms with Gasteiger partial charge in [-0.15, -0.1) is 0 Å². The number of carbonyl (C=O) groups is 2. The number of benzene rings is 2. The lowest BCUT2D eigenvalue weighted by molar-refractivity contribution is -0.119. The van der Waals surface area contributed by atoms with Crippen molar-refractivity contribution in [2.24, 2.45) is 5.92 Å². The molecule has 0 saturated heterocycles. The van der Waals surface area contributed by atoms with Crippen LogP contribution in [0.25, 0.3) is 0 Å². The highest BCUT2D eigenvalue weighted by molar-refractivity contribution is 7.83. The molecule has 31 heavy (non-hydrogen) atoms. The van der Waals surface area contributed by atoms with Gasteiger partial charge >= 0.3 is 6.09 Å². The molecule has 0 aliphatic carbocycles. The Morgan fingerprint density at radius 2 is 1.65 bits per heavy atom. The van der Waals surface area contributed by atoms with E-state index in [2.05, 4.69) is 5.32 Å². The summed E-state index contributed by atoms with van der Waals surface area (Å²) < 4.78 is 17.8. The normalized spacial score (nSPS) is 13.2. The van der Waals surface area contributed by atoms with Gasteiger partial charge in [0.1, 0.15) is 5.60 Å². The first kappa shape index (κ1) is 24.6. The van der Waals surface area contributed by atoms with E-state index >= 15 is 0 Å². The molecule has 2 rings (SSSR count). The van der Waals surface area contributed by atoms with Crippen LogP contribution >= 0.6 is 0 Å². The molecule has 1 N–H and O–H groups in total. The Kier molecular flexibility index (Phi) is 8.80. The van der Waals surface area contributed by atoms with Crippen molar-refractivity contribution < 1.29 is 18.5 Å². The molecular formula is C24H32N2O4S. The lowest BCUT2D eigenvalue weighted by Gasteiger charge is -2.26. The van der Waals surface area contributed by atoms with Crippen LogP contribution in [0.5, 0.6) is 0 Å². The van der Waals surface area contributed by atoms with Crippen LogP contribution in [-0.4, -0.2) is 40.3 Å². The number of carbonyl (C=O) groups excluding carboxylic acids is 2. The van der Waals surface area contributed by atoms with Gasteiger partial charge in [-0.2, -0.15) is 0 Å². The van der Waals surface area contributed by atoms with E-state index in [1.165, 1.54) is 4.90 Å². The van der Waals surface area contributed by atoms with E-state index in [9.17, 15) is 13.8 Å². The molecule has 0 spiro atoms. The van der Waals surface area contributed by atoms with Gasteiger partial charge in [-0.1, -0.05) is 49.4 Å². The summed E-state index contributed by atoms with van der Waals surface area (Å²) >= 11 is 0. The minimum absolute atomic E-state index is 0.196. The van der Waals surface area contributed by atoms with E-state index in [0.29, 0.717) is 17.2 Å². The number of nitrogens with one attached hydrogen (secondary N) is 1. The number of amides is 2. The second-order valence-electron chi connectivity index (χ2n) is 8.67. The molecule has 0 aliphatic rings. The van der Waals surface area contributed by atoms with E-state index in [-0.39, 0.29) is 12.5 Å². The number of hydrogen-bond donors (Lipinski definition) is 1. The van der Waals surface area contributed by atoms with Gasteiger partial charge in [-0.25, -0.2) is 4.79 Å². The topological polar surface area (TPSA) is 75.7 Å². The largest absolute Gasteiger partial charge is 0.444 e. The van der Waals surface area contributed by atoms with Crippen molar-refractivity contribution in [1.82, 2.24) is 4.90 Å². The Balaban J connectivity index is 1.90. The summed E-state index contributed by atoms with van der Waals surface area (Å²) in [6.07, 6.45) is -0.463. The Morgan fingerprint density at radius 1 is 1.03 bits per heavy atom.